The predicted molar refractivity (Wildman–Crippen MR) is 72.8 cm³/mol. The van der Waals surface area contributed by atoms with Gasteiger partial charge in [-0.3, -0.25) is 4.90 Å². The second-order valence-corrected chi connectivity index (χ2v) is 5.24. The molecule has 1 aromatic rings. The van der Waals surface area contributed by atoms with Crippen LogP contribution >= 0.6 is 0 Å². The fourth-order valence-electron chi connectivity index (χ4n) is 2.91. The summed E-state index contributed by atoms with van der Waals surface area (Å²) < 4.78 is 13.0. The van der Waals surface area contributed by atoms with Crippen molar-refractivity contribution in [2.75, 3.05) is 13.1 Å². The highest BCUT2D eigenvalue weighted by molar-refractivity contribution is 5.20. The van der Waals surface area contributed by atoms with Gasteiger partial charge in [-0.25, -0.2) is 4.39 Å². The van der Waals surface area contributed by atoms with Crippen LogP contribution in [-0.4, -0.2) is 24.0 Å². The summed E-state index contributed by atoms with van der Waals surface area (Å²) in [6.07, 6.45) is 5.08. The Bertz CT molecular complexity index is 363. The molecule has 100 valence electrons. The van der Waals surface area contributed by atoms with Crippen LogP contribution in [0.1, 0.15) is 44.2 Å². The van der Waals surface area contributed by atoms with Gasteiger partial charge in [-0.1, -0.05) is 25.0 Å². The van der Waals surface area contributed by atoms with E-state index in [0.717, 1.165) is 12.1 Å². The fourth-order valence-corrected chi connectivity index (χ4v) is 2.91. The number of rotatable bonds is 3. The second-order valence-electron chi connectivity index (χ2n) is 5.24. The van der Waals surface area contributed by atoms with Crippen molar-refractivity contribution in [3.63, 3.8) is 0 Å². The Hall–Kier alpha value is -0.930. The smallest absolute Gasteiger partial charge is 0.123 e. The summed E-state index contributed by atoms with van der Waals surface area (Å²) >= 11 is 0. The lowest BCUT2D eigenvalue weighted by Gasteiger charge is -2.35. The van der Waals surface area contributed by atoms with E-state index in [0.29, 0.717) is 12.6 Å². The Morgan fingerprint density at radius 1 is 1.28 bits per heavy atom. The molecule has 2 rings (SSSR count). The summed E-state index contributed by atoms with van der Waals surface area (Å²) in [5, 5.41) is 0. The average Bonchev–Trinajstić information content (AvgIpc) is 2.58. The highest BCUT2D eigenvalue weighted by Crippen LogP contribution is 2.27. The summed E-state index contributed by atoms with van der Waals surface area (Å²) in [5.41, 5.74) is 7.08. The molecule has 0 bridgehead atoms. The Balaban J connectivity index is 2.18. The van der Waals surface area contributed by atoms with E-state index in [4.69, 9.17) is 5.73 Å². The Morgan fingerprint density at radius 2 is 2.00 bits per heavy atom. The summed E-state index contributed by atoms with van der Waals surface area (Å²) in [7, 11) is 0. The van der Waals surface area contributed by atoms with Gasteiger partial charge in [-0.2, -0.15) is 0 Å². The van der Waals surface area contributed by atoms with E-state index in [1.165, 1.54) is 37.8 Å². The molecule has 1 heterocycles. The van der Waals surface area contributed by atoms with Gasteiger partial charge in [0.05, 0.1) is 0 Å². The summed E-state index contributed by atoms with van der Waals surface area (Å²) in [6.45, 7) is 3.97. The summed E-state index contributed by atoms with van der Waals surface area (Å²) in [5.74, 6) is -0.182. The van der Waals surface area contributed by atoms with E-state index >= 15 is 0 Å². The van der Waals surface area contributed by atoms with Gasteiger partial charge in [-0.15, -0.1) is 0 Å². The molecule has 1 aliphatic rings. The molecule has 2 nitrogen and oxygen atoms in total. The molecule has 2 N–H and O–H groups in total. The standard InChI is InChI=1S/C15H23FN2/c1-12-5-3-2-4-10-18(12)15(11-17)13-6-8-14(16)9-7-13/h6-9,12,15H,2-5,10-11,17H2,1H3. The fraction of sp³-hybridized carbons (Fsp3) is 0.600. The third kappa shape index (κ3) is 3.09. The Morgan fingerprint density at radius 3 is 2.67 bits per heavy atom. The lowest BCUT2D eigenvalue weighted by molar-refractivity contribution is 0.150. The number of benzene rings is 1. The van der Waals surface area contributed by atoms with Crippen molar-refractivity contribution >= 4 is 0 Å². The van der Waals surface area contributed by atoms with Crippen molar-refractivity contribution < 1.29 is 4.39 Å². The number of hydrogen-bond donors (Lipinski definition) is 1. The molecule has 1 fully saturated rings. The largest absolute Gasteiger partial charge is 0.329 e. The molecule has 0 aromatic heterocycles. The van der Waals surface area contributed by atoms with E-state index < -0.39 is 0 Å². The van der Waals surface area contributed by atoms with Crippen molar-refractivity contribution in [2.45, 2.75) is 44.7 Å². The third-order valence-electron chi connectivity index (χ3n) is 3.98. The second kappa shape index (κ2) is 6.30. The van der Waals surface area contributed by atoms with Crippen molar-refractivity contribution in [3.8, 4) is 0 Å². The first kappa shape index (κ1) is 13.5. The molecule has 1 aliphatic heterocycles. The zero-order chi connectivity index (χ0) is 13.0. The van der Waals surface area contributed by atoms with Crippen LogP contribution in [0.4, 0.5) is 4.39 Å². The molecule has 18 heavy (non-hydrogen) atoms. The van der Waals surface area contributed by atoms with E-state index in [2.05, 4.69) is 11.8 Å². The van der Waals surface area contributed by atoms with Crippen LogP contribution in [0.3, 0.4) is 0 Å². The van der Waals surface area contributed by atoms with E-state index in [-0.39, 0.29) is 11.9 Å². The van der Waals surface area contributed by atoms with Gasteiger partial charge in [-0.05, 0) is 44.0 Å². The molecular weight excluding hydrogens is 227 g/mol. The lowest BCUT2D eigenvalue weighted by atomic mass is 10.0. The predicted octanol–water partition coefficient (Wildman–Crippen LogP) is 3.09. The Kier molecular flexibility index (Phi) is 4.72. The molecule has 0 spiro atoms. The van der Waals surface area contributed by atoms with Crippen molar-refractivity contribution in [1.29, 1.82) is 0 Å². The highest BCUT2D eigenvalue weighted by Gasteiger charge is 2.25. The summed E-state index contributed by atoms with van der Waals surface area (Å²) in [4.78, 5) is 2.49. The molecule has 0 radical (unpaired) electrons. The molecule has 0 saturated carbocycles. The van der Waals surface area contributed by atoms with Crippen LogP contribution in [0.2, 0.25) is 0 Å². The number of nitrogens with zero attached hydrogens (tertiary/aromatic N) is 1. The molecular formula is C15H23FN2. The minimum absolute atomic E-state index is 0.182. The molecule has 2 atom stereocenters. The van der Waals surface area contributed by atoms with Gasteiger partial charge in [0.2, 0.25) is 0 Å². The van der Waals surface area contributed by atoms with Crippen LogP contribution in [0, 0.1) is 5.82 Å². The third-order valence-corrected chi connectivity index (χ3v) is 3.98. The maximum absolute atomic E-state index is 13.0. The van der Waals surface area contributed by atoms with Crippen molar-refractivity contribution in [3.05, 3.63) is 35.6 Å². The SMILES string of the molecule is CC1CCCCCN1C(CN)c1ccc(F)cc1. The van der Waals surface area contributed by atoms with E-state index in [1.54, 1.807) is 0 Å². The van der Waals surface area contributed by atoms with Crippen LogP contribution in [0.25, 0.3) is 0 Å². The Labute approximate surface area is 109 Å². The molecule has 1 aromatic carbocycles. The topological polar surface area (TPSA) is 29.3 Å². The average molecular weight is 250 g/mol. The van der Waals surface area contributed by atoms with Gasteiger partial charge in [0.1, 0.15) is 5.82 Å². The van der Waals surface area contributed by atoms with Gasteiger partial charge in [0.25, 0.3) is 0 Å². The van der Waals surface area contributed by atoms with Crippen molar-refractivity contribution in [2.24, 2.45) is 5.73 Å². The van der Waals surface area contributed by atoms with Gasteiger partial charge >= 0.3 is 0 Å². The maximum Gasteiger partial charge on any atom is 0.123 e. The number of likely N-dealkylation sites (tertiary alicyclic amines) is 1. The minimum Gasteiger partial charge on any atom is -0.329 e. The zero-order valence-electron chi connectivity index (χ0n) is 11.1. The van der Waals surface area contributed by atoms with Crippen LogP contribution in [-0.2, 0) is 0 Å². The quantitative estimate of drug-likeness (QED) is 0.893. The van der Waals surface area contributed by atoms with Gasteiger partial charge in [0, 0.05) is 18.6 Å². The minimum atomic E-state index is -0.182. The first-order valence-corrected chi connectivity index (χ1v) is 6.93. The first-order valence-electron chi connectivity index (χ1n) is 6.93. The molecule has 1 saturated heterocycles. The van der Waals surface area contributed by atoms with Crippen LogP contribution in [0.15, 0.2) is 24.3 Å². The normalized spacial score (nSPS) is 23.6. The number of halogens is 1. The van der Waals surface area contributed by atoms with Crippen molar-refractivity contribution in [1.82, 2.24) is 4.90 Å². The van der Waals surface area contributed by atoms with E-state index in [9.17, 15) is 4.39 Å². The number of nitrogens with two attached hydrogens (primary N) is 1. The lowest BCUT2D eigenvalue weighted by Crippen LogP contribution is -2.39. The van der Waals surface area contributed by atoms with Crippen LogP contribution in [0.5, 0.6) is 0 Å². The summed E-state index contributed by atoms with van der Waals surface area (Å²) in [6, 6.07) is 7.57. The monoisotopic (exact) mass is 250 g/mol. The maximum atomic E-state index is 13.0. The molecule has 0 aliphatic carbocycles. The highest BCUT2D eigenvalue weighted by atomic mass is 19.1. The zero-order valence-corrected chi connectivity index (χ0v) is 11.1. The van der Waals surface area contributed by atoms with E-state index in [1.807, 2.05) is 12.1 Å². The number of hydrogen-bond acceptors (Lipinski definition) is 2. The molecule has 2 unspecified atom stereocenters. The van der Waals surface area contributed by atoms with Gasteiger partial charge in [0.15, 0.2) is 0 Å². The van der Waals surface area contributed by atoms with Crippen LogP contribution < -0.4 is 5.73 Å². The molecule has 0 amide bonds. The molecule has 3 heteroatoms. The van der Waals surface area contributed by atoms with Gasteiger partial charge < -0.3 is 5.73 Å². The first-order chi connectivity index (χ1) is 8.72.